The molecule has 2 heterocycles. The molecule has 34 heavy (non-hydrogen) atoms. The number of hydrogen-bond acceptors (Lipinski definition) is 8. The van der Waals surface area contributed by atoms with Gasteiger partial charge in [0.05, 0.1) is 25.0 Å². The van der Waals surface area contributed by atoms with Crippen LogP contribution in [0.15, 0.2) is 23.1 Å². The van der Waals surface area contributed by atoms with Crippen molar-refractivity contribution in [3.05, 3.63) is 28.7 Å². The maximum absolute atomic E-state index is 12.8. The SMILES string of the molecule is CCCOC(=O)CCN1C(=O)/C(=C\c2ccc(OCC(=O)N3CCCCC3)c(OC)c2)SC1=S. The number of hydrogen-bond donors (Lipinski definition) is 0. The zero-order chi connectivity index (χ0) is 24.5. The first-order valence-corrected chi connectivity index (χ1v) is 12.6. The van der Waals surface area contributed by atoms with Crippen LogP contribution in [0.4, 0.5) is 0 Å². The standard InChI is InChI=1S/C24H30N2O6S2/c1-3-13-31-22(28)9-12-26-23(29)20(34-24(26)33)15-17-7-8-18(19(14-17)30-2)32-16-21(27)25-10-5-4-6-11-25/h7-8,14-15H,3-6,9-13,16H2,1-2H3/b20-15+. The summed E-state index contributed by atoms with van der Waals surface area (Å²) in [6.45, 7) is 3.97. The summed E-state index contributed by atoms with van der Waals surface area (Å²) in [5.74, 6) is 0.300. The van der Waals surface area contributed by atoms with Gasteiger partial charge in [-0.15, -0.1) is 0 Å². The van der Waals surface area contributed by atoms with E-state index in [4.69, 9.17) is 26.4 Å². The van der Waals surface area contributed by atoms with Crippen molar-refractivity contribution in [1.82, 2.24) is 9.80 Å². The van der Waals surface area contributed by atoms with Crippen LogP contribution < -0.4 is 9.47 Å². The van der Waals surface area contributed by atoms with Crippen molar-refractivity contribution in [3.63, 3.8) is 0 Å². The number of likely N-dealkylation sites (tertiary alicyclic amines) is 1. The molecule has 2 aliphatic heterocycles. The second-order valence-electron chi connectivity index (χ2n) is 7.94. The van der Waals surface area contributed by atoms with Gasteiger partial charge in [-0.3, -0.25) is 19.3 Å². The van der Waals surface area contributed by atoms with Crippen LogP contribution >= 0.6 is 24.0 Å². The van der Waals surface area contributed by atoms with Crippen molar-refractivity contribution in [1.29, 1.82) is 0 Å². The Balaban J connectivity index is 1.61. The van der Waals surface area contributed by atoms with E-state index in [1.54, 1.807) is 24.3 Å². The number of rotatable bonds is 10. The summed E-state index contributed by atoms with van der Waals surface area (Å²) in [7, 11) is 1.52. The predicted molar refractivity (Wildman–Crippen MR) is 135 cm³/mol. The Kier molecular flexibility index (Phi) is 9.76. The van der Waals surface area contributed by atoms with E-state index in [0.717, 1.165) is 44.3 Å². The summed E-state index contributed by atoms with van der Waals surface area (Å²) in [5.41, 5.74) is 0.731. The van der Waals surface area contributed by atoms with E-state index in [-0.39, 0.29) is 37.4 Å². The lowest BCUT2D eigenvalue weighted by Gasteiger charge is -2.26. The largest absolute Gasteiger partial charge is 0.493 e. The minimum Gasteiger partial charge on any atom is -0.493 e. The number of amides is 2. The van der Waals surface area contributed by atoms with Gasteiger partial charge in [0, 0.05) is 19.6 Å². The van der Waals surface area contributed by atoms with E-state index in [1.165, 1.54) is 23.8 Å². The zero-order valence-electron chi connectivity index (χ0n) is 19.5. The van der Waals surface area contributed by atoms with Crippen LogP contribution in [0.25, 0.3) is 6.08 Å². The molecule has 2 saturated heterocycles. The molecular weight excluding hydrogens is 476 g/mol. The lowest BCUT2D eigenvalue weighted by molar-refractivity contribution is -0.144. The first-order chi connectivity index (χ1) is 16.4. The molecule has 2 amide bonds. The second kappa shape index (κ2) is 12.8. The summed E-state index contributed by atoms with van der Waals surface area (Å²) >= 11 is 6.52. The molecule has 2 aliphatic rings. The Labute approximate surface area is 209 Å². The smallest absolute Gasteiger partial charge is 0.307 e. The number of esters is 1. The molecular formula is C24H30N2O6S2. The Morgan fingerprint density at radius 1 is 1.18 bits per heavy atom. The normalized spacial score (nSPS) is 17.3. The number of carbonyl (C=O) groups excluding carboxylic acids is 3. The molecule has 0 aromatic heterocycles. The minimum absolute atomic E-state index is 0.0342. The Morgan fingerprint density at radius 2 is 1.94 bits per heavy atom. The monoisotopic (exact) mass is 506 g/mol. The lowest BCUT2D eigenvalue weighted by Crippen LogP contribution is -2.38. The summed E-state index contributed by atoms with van der Waals surface area (Å²) in [6.07, 6.45) is 5.77. The predicted octanol–water partition coefficient (Wildman–Crippen LogP) is 3.63. The van der Waals surface area contributed by atoms with Crippen LogP contribution in [0.2, 0.25) is 0 Å². The van der Waals surface area contributed by atoms with Crippen molar-refractivity contribution in [2.75, 3.05) is 40.0 Å². The first-order valence-electron chi connectivity index (χ1n) is 11.4. The fourth-order valence-corrected chi connectivity index (χ4v) is 4.91. The van der Waals surface area contributed by atoms with E-state index in [1.807, 2.05) is 11.8 Å². The molecule has 0 unspecified atom stereocenters. The molecule has 0 N–H and O–H groups in total. The molecule has 0 atom stereocenters. The number of thioether (sulfide) groups is 1. The van der Waals surface area contributed by atoms with Crippen molar-refractivity contribution in [2.24, 2.45) is 0 Å². The zero-order valence-corrected chi connectivity index (χ0v) is 21.2. The highest BCUT2D eigenvalue weighted by atomic mass is 32.2. The van der Waals surface area contributed by atoms with E-state index in [0.29, 0.717) is 27.3 Å². The average Bonchev–Trinajstić information content (AvgIpc) is 3.12. The van der Waals surface area contributed by atoms with E-state index < -0.39 is 0 Å². The van der Waals surface area contributed by atoms with Gasteiger partial charge in [0.2, 0.25) is 0 Å². The highest BCUT2D eigenvalue weighted by Gasteiger charge is 2.32. The van der Waals surface area contributed by atoms with Crippen LogP contribution in [0.1, 0.15) is 44.6 Å². The first kappa shape index (κ1) is 26.0. The molecule has 8 nitrogen and oxygen atoms in total. The molecule has 1 aromatic rings. The van der Waals surface area contributed by atoms with Crippen LogP contribution in [0.5, 0.6) is 11.5 Å². The third-order valence-corrected chi connectivity index (χ3v) is 6.80. The second-order valence-corrected chi connectivity index (χ2v) is 9.62. The molecule has 0 spiro atoms. The molecule has 0 bridgehead atoms. The maximum atomic E-state index is 12.8. The van der Waals surface area contributed by atoms with Crippen LogP contribution in [-0.4, -0.2) is 71.9 Å². The Bertz CT molecular complexity index is 959. The molecule has 184 valence electrons. The van der Waals surface area contributed by atoms with Gasteiger partial charge in [-0.25, -0.2) is 0 Å². The molecule has 0 saturated carbocycles. The van der Waals surface area contributed by atoms with E-state index in [2.05, 4.69) is 0 Å². The van der Waals surface area contributed by atoms with Gasteiger partial charge in [0.15, 0.2) is 18.1 Å². The van der Waals surface area contributed by atoms with Gasteiger partial charge in [-0.1, -0.05) is 37.0 Å². The summed E-state index contributed by atoms with van der Waals surface area (Å²) in [6, 6.07) is 5.26. The number of benzene rings is 1. The lowest BCUT2D eigenvalue weighted by atomic mass is 10.1. The van der Waals surface area contributed by atoms with E-state index in [9.17, 15) is 14.4 Å². The van der Waals surface area contributed by atoms with Gasteiger partial charge < -0.3 is 19.1 Å². The highest BCUT2D eigenvalue weighted by molar-refractivity contribution is 8.26. The van der Waals surface area contributed by atoms with Crippen LogP contribution in [-0.2, 0) is 19.1 Å². The Morgan fingerprint density at radius 3 is 2.65 bits per heavy atom. The molecule has 2 fully saturated rings. The highest BCUT2D eigenvalue weighted by Crippen LogP contribution is 2.35. The van der Waals surface area contributed by atoms with Gasteiger partial charge in [0.1, 0.15) is 4.32 Å². The van der Waals surface area contributed by atoms with Crippen LogP contribution in [0, 0.1) is 0 Å². The molecule has 0 aliphatic carbocycles. The number of nitrogens with zero attached hydrogens (tertiary/aromatic N) is 2. The van der Waals surface area contributed by atoms with Crippen molar-refractivity contribution >= 4 is 52.2 Å². The van der Waals surface area contributed by atoms with E-state index >= 15 is 0 Å². The van der Waals surface area contributed by atoms with Gasteiger partial charge in [-0.05, 0) is 49.5 Å². The molecule has 10 heteroatoms. The maximum Gasteiger partial charge on any atom is 0.307 e. The average molecular weight is 507 g/mol. The topological polar surface area (TPSA) is 85.4 Å². The number of piperidine rings is 1. The molecule has 1 aromatic carbocycles. The number of thiocarbonyl (C=S) groups is 1. The van der Waals surface area contributed by atoms with Crippen molar-refractivity contribution in [3.8, 4) is 11.5 Å². The quantitative estimate of drug-likeness (QED) is 0.270. The fourth-order valence-electron chi connectivity index (χ4n) is 3.60. The number of carbonyl (C=O) groups is 3. The van der Waals surface area contributed by atoms with Crippen molar-refractivity contribution < 1.29 is 28.6 Å². The summed E-state index contributed by atoms with van der Waals surface area (Å²) in [5, 5.41) is 0. The fraction of sp³-hybridized carbons (Fsp3) is 0.500. The summed E-state index contributed by atoms with van der Waals surface area (Å²) in [4.78, 5) is 40.6. The van der Waals surface area contributed by atoms with Gasteiger partial charge in [-0.2, -0.15) is 0 Å². The third kappa shape index (κ3) is 6.96. The van der Waals surface area contributed by atoms with Crippen LogP contribution in [0.3, 0.4) is 0 Å². The number of methoxy groups -OCH3 is 1. The van der Waals surface area contributed by atoms with Gasteiger partial charge in [0.25, 0.3) is 11.8 Å². The van der Waals surface area contributed by atoms with Crippen molar-refractivity contribution in [2.45, 2.75) is 39.0 Å². The minimum atomic E-state index is -0.348. The Hall–Kier alpha value is -2.59. The molecule has 3 rings (SSSR count). The summed E-state index contributed by atoms with van der Waals surface area (Å²) < 4.78 is 16.6. The molecule has 0 radical (unpaired) electrons. The van der Waals surface area contributed by atoms with Gasteiger partial charge >= 0.3 is 5.97 Å². The number of ether oxygens (including phenoxy) is 3. The third-order valence-electron chi connectivity index (χ3n) is 5.43.